The summed E-state index contributed by atoms with van der Waals surface area (Å²) in [7, 11) is 0. The van der Waals surface area contributed by atoms with Crippen LogP contribution >= 0.6 is 0 Å². The molecule has 0 saturated heterocycles. The minimum atomic E-state index is -0.996. The molecule has 0 aliphatic carbocycles. The number of hydrogen-bond donors (Lipinski definition) is 2. The molecule has 2 N–H and O–H groups in total. The van der Waals surface area contributed by atoms with E-state index in [0.29, 0.717) is 6.54 Å². The van der Waals surface area contributed by atoms with Crippen LogP contribution < -0.4 is 5.32 Å². The average molecular weight is 141 g/mol. The van der Waals surface area contributed by atoms with Crippen LogP contribution in [0.1, 0.15) is 13.8 Å². The van der Waals surface area contributed by atoms with Crippen LogP contribution in [-0.4, -0.2) is 17.7 Å². The summed E-state index contributed by atoms with van der Waals surface area (Å²) in [6.07, 6.45) is -0.996. The molecule has 10 heavy (non-hydrogen) atoms. The Morgan fingerprint density at radius 1 is 1.80 bits per heavy atom. The highest BCUT2D eigenvalue weighted by molar-refractivity contribution is 5.64. The zero-order chi connectivity index (χ0) is 7.98. The van der Waals surface area contributed by atoms with Crippen molar-refractivity contribution >= 4 is 6.09 Å². The van der Waals surface area contributed by atoms with Crippen LogP contribution in [0.4, 0.5) is 4.79 Å². The Kier molecular flexibility index (Phi) is 4.14. The topological polar surface area (TPSA) is 49.3 Å². The maximum absolute atomic E-state index is 9.95. The van der Waals surface area contributed by atoms with Gasteiger partial charge in [-0.3, -0.25) is 0 Å². The van der Waals surface area contributed by atoms with Gasteiger partial charge in [-0.2, -0.15) is 0 Å². The standard InChI is InChI=1S/C7H11NO2/c1-3-4-6(2)5-8-7(9)10/h6,8H,5H2,1-2H3,(H,9,10). The summed E-state index contributed by atoms with van der Waals surface area (Å²) < 4.78 is 0. The van der Waals surface area contributed by atoms with Crippen LogP contribution in [-0.2, 0) is 0 Å². The zero-order valence-electron chi connectivity index (χ0n) is 6.14. The molecule has 56 valence electrons. The Balaban J connectivity index is 3.46. The molecule has 0 heterocycles. The number of carbonyl (C=O) groups is 1. The maximum atomic E-state index is 9.95. The molecule has 3 heteroatoms. The van der Waals surface area contributed by atoms with E-state index in [1.807, 2.05) is 6.92 Å². The molecule has 0 spiro atoms. The fourth-order valence-electron chi connectivity index (χ4n) is 0.538. The second kappa shape index (κ2) is 4.68. The lowest BCUT2D eigenvalue weighted by atomic mass is 10.2. The Bertz CT molecular complexity index is 166. The zero-order valence-corrected chi connectivity index (χ0v) is 6.14. The lowest BCUT2D eigenvalue weighted by Gasteiger charge is -2.01. The van der Waals surface area contributed by atoms with Crippen LogP contribution in [0.2, 0.25) is 0 Å². The lowest BCUT2D eigenvalue weighted by Crippen LogP contribution is -2.25. The molecule has 0 aromatic heterocycles. The van der Waals surface area contributed by atoms with E-state index < -0.39 is 6.09 Å². The third-order valence-electron chi connectivity index (χ3n) is 0.950. The molecule has 0 aliphatic rings. The summed E-state index contributed by atoms with van der Waals surface area (Å²) in [5.41, 5.74) is 0. The van der Waals surface area contributed by atoms with Gasteiger partial charge in [0.15, 0.2) is 0 Å². The van der Waals surface area contributed by atoms with E-state index in [4.69, 9.17) is 5.11 Å². The fourth-order valence-corrected chi connectivity index (χ4v) is 0.538. The average Bonchev–Trinajstić information content (AvgIpc) is 1.85. The van der Waals surface area contributed by atoms with Crippen LogP contribution in [0.3, 0.4) is 0 Å². The third kappa shape index (κ3) is 4.98. The van der Waals surface area contributed by atoms with Crippen LogP contribution in [0, 0.1) is 17.8 Å². The van der Waals surface area contributed by atoms with Crippen molar-refractivity contribution in [3.8, 4) is 11.8 Å². The number of amides is 1. The van der Waals surface area contributed by atoms with Gasteiger partial charge in [0.2, 0.25) is 0 Å². The molecule has 0 rings (SSSR count). The van der Waals surface area contributed by atoms with Crippen molar-refractivity contribution in [1.82, 2.24) is 5.32 Å². The van der Waals surface area contributed by atoms with E-state index in [9.17, 15) is 4.79 Å². The molecule has 0 radical (unpaired) electrons. The fraction of sp³-hybridized carbons (Fsp3) is 0.571. The third-order valence-corrected chi connectivity index (χ3v) is 0.950. The van der Waals surface area contributed by atoms with Gasteiger partial charge in [0.25, 0.3) is 0 Å². The molecular weight excluding hydrogens is 130 g/mol. The summed E-state index contributed by atoms with van der Waals surface area (Å²) in [6.45, 7) is 4.00. The van der Waals surface area contributed by atoms with Crippen molar-refractivity contribution in [1.29, 1.82) is 0 Å². The van der Waals surface area contributed by atoms with Gasteiger partial charge >= 0.3 is 6.09 Å². The summed E-state index contributed by atoms with van der Waals surface area (Å²) in [6, 6.07) is 0. The van der Waals surface area contributed by atoms with Crippen molar-refractivity contribution in [3.63, 3.8) is 0 Å². The first kappa shape index (κ1) is 8.83. The Morgan fingerprint density at radius 2 is 2.40 bits per heavy atom. The highest BCUT2D eigenvalue weighted by Gasteiger charge is 1.97. The SMILES string of the molecule is CC#CC(C)CNC(=O)O. The molecule has 0 aromatic carbocycles. The smallest absolute Gasteiger partial charge is 0.404 e. The van der Waals surface area contributed by atoms with Crippen molar-refractivity contribution in [2.75, 3.05) is 6.54 Å². The van der Waals surface area contributed by atoms with E-state index in [0.717, 1.165) is 0 Å². The molecule has 1 amide bonds. The van der Waals surface area contributed by atoms with E-state index in [1.165, 1.54) is 0 Å². The summed E-state index contributed by atoms with van der Waals surface area (Å²) in [5.74, 6) is 5.63. The highest BCUT2D eigenvalue weighted by atomic mass is 16.4. The molecule has 0 aliphatic heterocycles. The van der Waals surface area contributed by atoms with E-state index in [-0.39, 0.29) is 5.92 Å². The largest absolute Gasteiger partial charge is 0.465 e. The number of nitrogens with one attached hydrogen (secondary N) is 1. The molecule has 1 atom stereocenters. The van der Waals surface area contributed by atoms with Gasteiger partial charge in [0.1, 0.15) is 0 Å². The van der Waals surface area contributed by atoms with Gasteiger partial charge in [0.05, 0.1) is 0 Å². The molecule has 0 fully saturated rings. The van der Waals surface area contributed by atoms with Crippen LogP contribution in [0.15, 0.2) is 0 Å². The van der Waals surface area contributed by atoms with Gasteiger partial charge in [-0.05, 0) is 13.8 Å². The van der Waals surface area contributed by atoms with Crippen molar-refractivity contribution in [3.05, 3.63) is 0 Å². The monoisotopic (exact) mass is 141 g/mol. The first-order chi connectivity index (χ1) is 4.66. The van der Waals surface area contributed by atoms with E-state index in [2.05, 4.69) is 17.2 Å². The minimum absolute atomic E-state index is 0.0982. The van der Waals surface area contributed by atoms with Crippen LogP contribution in [0.5, 0.6) is 0 Å². The first-order valence-corrected chi connectivity index (χ1v) is 3.06. The summed E-state index contributed by atoms with van der Waals surface area (Å²) in [4.78, 5) is 9.95. The second-order valence-electron chi connectivity index (χ2n) is 1.98. The number of carboxylic acid groups (broad SMARTS) is 1. The predicted octanol–water partition coefficient (Wildman–Crippen LogP) is 0.913. The normalized spacial score (nSPS) is 11.0. The Morgan fingerprint density at radius 3 is 2.80 bits per heavy atom. The number of rotatable bonds is 2. The van der Waals surface area contributed by atoms with Gasteiger partial charge < -0.3 is 10.4 Å². The van der Waals surface area contributed by atoms with Crippen molar-refractivity contribution in [2.45, 2.75) is 13.8 Å². The molecule has 3 nitrogen and oxygen atoms in total. The van der Waals surface area contributed by atoms with E-state index >= 15 is 0 Å². The Hall–Kier alpha value is -1.17. The second-order valence-corrected chi connectivity index (χ2v) is 1.98. The van der Waals surface area contributed by atoms with Gasteiger partial charge in [-0.25, -0.2) is 4.79 Å². The molecule has 0 bridgehead atoms. The predicted molar refractivity (Wildman–Crippen MR) is 38.6 cm³/mol. The highest BCUT2D eigenvalue weighted by Crippen LogP contribution is 1.87. The maximum Gasteiger partial charge on any atom is 0.404 e. The molecule has 0 aromatic rings. The van der Waals surface area contributed by atoms with Crippen LogP contribution in [0.25, 0.3) is 0 Å². The van der Waals surface area contributed by atoms with Gasteiger partial charge in [-0.15, -0.1) is 5.92 Å². The first-order valence-electron chi connectivity index (χ1n) is 3.06. The Labute approximate surface area is 60.4 Å². The summed E-state index contributed by atoms with van der Waals surface area (Å²) >= 11 is 0. The molecule has 1 unspecified atom stereocenters. The van der Waals surface area contributed by atoms with Crippen molar-refractivity contribution < 1.29 is 9.90 Å². The summed E-state index contributed by atoms with van der Waals surface area (Å²) in [5, 5.41) is 10.4. The number of hydrogen-bond acceptors (Lipinski definition) is 1. The van der Waals surface area contributed by atoms with E-state index in [1.54, 1.807) is 6.92 Å². The van der Waals surface area contributed by atoms with Gasteiger partial charge in [-0.1, -0.05) is 5.92 Å². The van der Waals surface area contributed by atoms with Gasteiger partial charge in [0, 0.05) is 12.5 Å². The molecule has 0 saturated carbocycles. The van der Waals surface area contributed by atoms with Crippen molar-refractivity contribution in [2.24, 2.45) is 5.92 Å². The quantitative estimate of drug-likeness (QED) is 0.561. The lowest BCUT2D eigenvalue weighted by molar-refractivity contribution is 0.193. The minimum Gasteiger partial charge on any atom is -0.465 e. The molecular formula is C7H11NO2.